The van der Waals surface area contributed by atoms with Gasteiger partial charge in [-0.05, 0) is 125 Å². The van der Waals surface area contributed by atoms with Crippen molar-refractivity contribution < 1.29 is 4.79 Å². The van der Waals surface area contributed by atoms with E-state index in [1.165, 1.54) is 60.4 Å². The minimum atomic E-state index is -0.765. The Labute approximate surface area is 321 Å². The van der Waals surface area contributed by atoms with Crippen LogP contribution >= 0.6 is 12.1 Å². The Morgan fingerprint density at radius 1 is 0.740 bits per heavy atom. The molecule has 0 saturated heterocycles. The molecule has 0 N–H and O–H groups in total. The fourth-order valence-electron chi connectivity index (χ4n) is 11.4. The van der Waals surface area contributed by atoms with Crippen molar-refractivity contribution in [2.24, 2.45) is 17.3 Å². The van der Waals surface area contributed by atoms with Crippen LogP contribution in [0.3, 0.4) is 0 Å². The zero-order chi connectivity index (χ0) is 36.5. The van der Waals surface area contributed by atoms with Gasteiger partial charge in [-0.15, -0.1) is 0 Å². The van der Waals surface area contributed by atoms with Crippen LogP contribution < -0.4 is 0 Å². The van der Waals surface area contributed by atoms with Gasteiger partial charge in [-0.25, -0.2) is 0 Å². The summed E-state index contributed by atoms with van der Waals surface area (Å²) in [6.07, 6.45) is 4.64. The van der Waals surface area contributed by atoms with Gasteiger partial charge in [0.05, 0.1) is 0 Å². The summed E-state index contributed by atoms with van der Waals surface area (Å²) in [5.41, 5.74) is 9.71. The van der Waals surface area contributed by atoms with E-state index < -0.39 is 44.7 Å². The van der Waals surface area contributed by atoms with Gasteiger partial charge in [-0.1, -0.05) is 45.6 Å². The second kappa shape index (κ2) is 14.3. The first-order valence-corrected chi connectivity index (χ1v) is 18.7. The molecule has 2 aromatic rings. The zero-order valence-electron chi connectivity index (χ0n) is 30.1. The van der Waals surface area contributed by atoms with Crippen LogP contribution in [0.4, 0.5) is 0 Å². The molecule has 2 aromatic carbocycles. The van der Waals surface area contributed by atoms with Gasteiger partial charge in [0.2, 0.25) is 0 Å². The molecule has 1 spiro atoms. The molecule has 0 aliphatic heterocycles. The summed E-state index contributed by atoms with van der Waals surface area (Å²) < 4.78 is 0. The van der Waals surface area contributed by atoms with Crippen LogP contribution in [0.25, 0.3) is 0 Å². The van der Waals surface area contributed by atoms with E-state index in [9.17, 15) is 4.79 Å². The van der Waals surface area contributed by atoms with E-state index >= 15 is 0 Å². The third-order valence-corrected chi connectivity index (χ3v) is 13.7. The van der Waals surface area contributed by atoms with Gasteiger partial charge >= 0.3 is 125 Å². The zero-order valence-corrected chi connectivity index (χ0v) is 30.9. The summed E-state index contributed by atoms with van der Waals surface area (Å²) in [6, 6.07) is 12.7. The third kappa shape index (κ3) is 6.77. The Bertz CT molecular complexity index is 1680. The van der Waals surface area contributed by atoms with E-state index in [4.69, 9.17) is 74.0 Å². The minimum absolute atomic E-state index is 0.174. The first kappa shape index (κ1) is 38.6. The molecule has 5 atom stereocenters. The number of hydrogen-bond donors (Lipinski definition) is 0. The van der Waals surface area contributed by atoms with Gasteiger partial charge in [0.25, 0.3) is 0 Å². The maximum absolute atomic E-state index is 12.1. The molecule has 16 radical (unpaired) electrons. The molecule has 0 amide bonds. The second-order valence-electron chi connectivity index (χ2n) is 17.5. The summed E-state index contributed by atoms with van der Waals surface area (Å²) in [5.74, 6) is 10.1. The monoisotopic (exact) mass is 642 g/mol. The van der Waals surface area contributed by atoms with Gasteiger partial charge in [-0.2, -0.15) is 0 Å². The summed E-state index contributed by atoms with van der Waals surface area (Å²) in [6.45, 7) is 9.39. The van der Waals surface area contributed by atoms with Gasteiger partial charge < -0.3 is 0 Å². The fraction of sp³-hybridized carbons (Fsp3) is 0.531. The average Bonchev–Trinajstić information content (AvgIpc) is 3.52. The molecule has 3 saturated carbocycles. The first-order chi connectivity index (χ1) is 23.4. The summed E-state index contributed by atoms with van der Waals surface area (Å²) in [7, 11) is 45.1. The predicted molar refractivity (Wildman–Crippen MR) is 233 cm³/mol. The Balaban J connectivity index is 0.000000218. The maximum atomic E-state index is 12.1. The van der Waals surface area contributed by atoms with Gasteiger partial charge in [0.1, 0.15) is 0 Å². The molecule has 5 aliphatic rings. The van der Waals surface area contributed by atoms with Gasteiger partial charge in [-0.3, -0.25) is 4.79 Å². The molecule has 3 fully saturated rings. The van der Waals surface area contributed by atoms with E-state index in [-0.39, 0.29) is 10.8 Å². The van der Waals surface area contributed by atoms with Crippen LogP contribution in [0.15, 0.2) is 30.3 Å². The average molecular weight is 640 g/mol. The molecule has 18 heteroatoms. The Hall–Kier alpha value is -1.07. The van der Waals surface area contributed by atoms with Crippen molar-refractivity contribution in [2.75, 3.05) is 0 Å². The molecule has 222 valence electrons. The van der Waals surface area contributed by atoms with Gasteiger partial charge in [0, 0.05) is 16.7 Å². The van der Waals surface area contributed by atoms with Crippen molar-refractivity contribution in [1.82, 2.24) is 0 Å². The molecule has 5 aliphatic carbocycles. The van der Waals surface area contributed by atoms with Crippen LogP contribution in [0.2, 0.25) is 0 Å². The number of fused-ring (bicyclic) bond motifs is 6. The number of carbonyl (C=O) groups is 1. The first-order valence-electron chi connectivity index (χ1n) is 18.2. The predicted octanol–water partition coefficient (Wildman–Crippen LogP) is 1.80. The summed E-state index contributed by atoms with van der Waals surface area (Å²) in [5, 5.41) is 0. The van der Waals surface area contributed by atoms with Crippen molar-refractivity contribution >= 4 is 131 Å². The van der Waals surface area contributed by atoms with Crippen LogP contribution in [0.5, 0.6) is 0 Å². The SMILES string of the molecule is CC1(C)CC(C)(C)c2cc(C#Cc3cc4c(cc3C=O)C3CC5CC6CC4CC65C3)ccc21.[B]B([B])B(B([B])[B])B(B=S)B(B([B])[B])B([B])[B]. The summed E-state index contributed by atoms with van der Waals surface area (Å²) >= 11 is 4.93. The van der Waals surface area contributed by atoms with E-state index in [2.05, 4.69) is 69.9 Å². The molecule has 7 rings (SSSR count). The van der Waals surface area contributed by atoms with Crippen molar-refractivity contribution in [2.45, 2.75) is 88.9 Å². The Morgan fingerprint density at radius 3 is 1.76 bits per heavy atom. The number of hydrogen-bond acceptors (Lipinski definition) is 2. The molecule has 0 aromatic heterocycles. The van der Waals surface area contributed by atoms with Crippen LogP contribution in [0.1, 0.15) is 122 Å². The Kier molecular flexibility index (Phi) is 11.0. The molecular formula is C32H34B16OS. The summed E-state index contributed by atoms with van der Waals surface area (Å²) in [4.78, 5) is 12.1. The number of benzene rings is 2. The number of aldehydes is 1. The molecule has 0 heterocycles. The van der Waals surface area contributed by atoms with Crippen molar-refractivity contribution in [1.29, 1.82) is 0 Å². The second-order valence-corrected chi connectivity index (χ2v) is 17.7. The standard InChI is InChI=1S/C32H34O.B16S/c1-30(2)18-31(3,4)29-9-19(6-8-28(29)30)5-7-20-12-26-21-10-24-14-25-11-22(16-32(24,25)15-21)27(26)13-23(20)17-33;1-10(2)15(11(3)4)14(9-17)16(12(5)6)13(7)8/h6,8-9,12-13,17,21-22,24-25H,10-11,14-16,18H2,1-4H3;. The normalized spacial score (nSPS) is 26.1. The molecule has 3 bridgehead atoms. The molecule has 1 nitrogen and oxygen atoms in total. The Morgan fingerprint density at radius 2 is 1.26 bits per heavy atom. The number of rotatable bonds is 8. The molecule has 50 heavy (non-hydrogen) atoms. The number of carbonyl (C=O) groups excluding carboxylic acids is 1. The van der Waals surface area contributed by atoms with Crippen LogP contribution in [-0.2, 0) is 10.8 Å². The molecular weight excluding hydrogens is 605 g/mol. The van der Waals surface area contributed by atoms with E-state index in [1.807, 2.05) is 0 Å². The fourth-order valence-corrected chi connectivity index (χ4v) is 11.8. The van der Waals surface area contributed by atoms with E-state index in [0.717, 1.165) is 41.2 Å². The van der Waals surface area contributed by atoms with Crippen molar-refractivity contribution in [3.8, 4) is 11.8 Å². The van der Waals surface area contributed by atoms with Crippen LogP contribution in [0, 0.1) is 29.1 Å². The quantitative estimate of drug-likeness (QED) is 0.249. The topological polar surface area (TPSA) is 17.1 Å². The van der Waals surface area contributed by atoms with E-state index in [1.54, 1.807) is 0 Å². The van der Waals surface area contributed by atoms with Crippen LogP contribution in [-0.4, -0.2) is 119 Å². The van der Waals surface area contributed by atoms with Crippen molar-refractivity contribution in [3.05, 3.63) is 69.3 Å². The molecule has 5 unspecified atom stereocenters. The van der Waals surface area contributed by atoms with Gasteiger partial charge in [0.15, 0.2) is 6.29 Å². The van der Waals surface area contributed by atoms with Crippen molar-refractivity contribution in [3.63, 3.8) is 0 Å². The third-order valence-electron chi connectivity index (χ3n) is 13.4. The van der Waals surface area contributed by atoms with E-state index in [0.29, 0.717) is 17.3 Å².